The Morgan fingerprint density at radius 3 is 2.61 bits per heavy atom. The van der Waals surface area contributed by atoms with Gasteiger partial charge in [-0.15, -0.1) is 0 Å². The Hall–Kier alpha value is -2.59. The van der Waals surface area contributed by atoms with Crippen molar-refractivity contribution in [2.45, 2.75) is 13.0 Å². The van der Waals surface area contributed by atoms with Crippen molar-refractivity contribution in [1.29, 1.82) is 0 Å². The van der Waals surface area contributed by atoms with Crippen LogP contribution in [0.25, 0.3) is 11.0 Å². The molecule has 0 unspecified atom stereocenters. The highest BCUT2D eigenvalue weighted by molar-refractivity contribution is 6.31. The third-order valence-corrected chi connectivity index (χ3v) is 3.92. The Morgan fingerprint density at radius 2 is 1.83 bits per heavy atom. The molecule has 0 aliphatic heterocycles. The first-order valence-corrected chi connectivity index (χ1v) is 7.52. The van der Waals surface area contributed by atoms with Crippen LogP contribution in [0.4, 0.5) is 0 Å². The lowest BCUT2D eigenvalue weighted by molar-refractivity contribution is 0.0912. The van der Waals surface area contributed by atoms with Crippen LogP contribution in [0.3, 0.4) is 0 Å². The van der Waals surface area contributed by atoms with Gasteiger partial charge >= 0.3 is 0 Å². The van der Waals surface area contributed by atoms with E-state index in [1.807, 2.05) is 25.1 Å². The number of para-hydroxylation sites is 1. The second kappa shape index (κ2) is 6.26. The quantitative estimate of drug-likeness (QED) is 0.792. The Kier molecular flexibility index (Phi) is 4.17. The maximum atomic E-state index is 12.3. The average molecular weight is 328 g/mol. The largest absolute Gasteiger partial charge is 0.451 e. The molecule has 0 saturated carbocycles. The number of rotatable bonds is 3. The molecule has 0 aliphatic carbocycles. The predicted molar refractivity (Wildman–Crippen MR) is 89.8 cm³/mol. The van der Waals surface area contributed by atoms with Crippen LogP contribution in [-0.2, 0) is 0 Å². The monoisotopic (exact) mass is 327 g/mol. The van der Waals surface area contributed by atoms with E-state index in [9.17, 15) is 9.59 Å². The molecule has 1 heterocycles. The average Bonchev–Trinajstić information content (AvgIpc) is 2.55. The predicted octanol–water partition coefficient (Wildman–Crippen LogP) is 3.94. The molecular formula is C18H14ClNO3. The number of hydrogen-bond donors (Lipinski definition) is 1. The van der Waals surface area contributed by atoms with E-state index in [0.29, 0.717) is 16.0 Å². The van der Waals surface area contributed by atoms with Gasteiger partial charge in [0.05, 0.1) is 11.4 Å². The summed E-state index contributed by atoms with van der Waals surface area (Å²) in [4.78, 5) is 24.4. The summed E-state index contributed by atoms with van der Waals surface area (Å²) in [7, 11) is 0. The van der Waals surface area contributed by atoms with Gasteiger partial charge < -0.3 is 9.73 Å². The molecule has 1 N–H and O–H groups in total. The summed E-state index contributed by atoms with van der Waals surface area (Å²) in [5.41, 5.74) is 0.934. The molecule has 3 aromatic rings. The molecule has 4 nitrogen and oxygen atoms in total. The Morgan fingerprint density at radius 1 is 1.13 bits per heavy atom. The molecule has 0 radical (unpaired) electrons. The molecule has 1 aromatic heterocycles. The molecule has 2 aromatic carbocycles. The molecule has 23 heavy (non-hydrogen) atoms. The molecule has 0 aliphatic rings. The van der Waals surface area contributed by atoms with Gasteiger partial charge in [0.15, 0.2) is 11.2 Å². The van der Waals surface area contributed by atoms with E-state index in [1.54, 1.807) is 30.3 Å². The second-order valence-electron chi connectivity index (χ2n) is 5.19. The number of fused-ring (bicyclic) bond motifs is 1. The van der Waals surface area contributed by atoms with Gasteiger partial charge in [-0.1, -0.05) is 41.9 Å². The lowest BCUT2D eigenvalue weighted by Gasteiger charge is -2.15. The Labute approximate surface area is 137 Å². The SMILES string of the molecule is C[C@H](NC(=O)c1cc(=O)c2ccccc2o1)c1ccccc1Cl. The van der Waals surface area contributed by atoms with Crippen molar-refractivity contribution in [1.82, 2.24) is 5.32 Å². The van der Waals surface area contributed by atoms with Gasteiger partial charge in [0, 0.05) is 11.1 Å². The molecule has 0 fully saturated rings. The number of nitrogens with one attached hydrogen (secondary N) is 1. The number of carbonyl (C=O) groups excluding carboxylic acids is 1. The van der Waals surface area contributed by atoms with Gasteiger partial charge in [-0.25, -0.2) is 0 Å². The molecule has 0 saturated heterocycles. The fourth-order valence-corrected chi connectivity index (χ4v) is 2.69. The highest BCUT2D eigenvalue weighted by Crippen LogP contribution is 2.22. The van der Waals surface area contributed by atoms with Crippen LogP contribution < -0.4 is 10.7 Å². The summed E-state index contributed by atoms with van der Waals surface area (Å²) in [5.74, 6) is -0.479. The van der Waals surface area contributed by atoms with Crippen LogP contribution in [0.5, 0.6) is 0 Å². The molecule has 1 amide bonds. The molecule has 116 valence electrons. The molecule has 3 rings (SSSR count). The van der Waals surface area contributed by atoms with E-state index in [1.165, 1.54) is 6.07 Å². The van der Waals surface area contributed by atoms with Crippen LogP contribution >= 0.6 is 11.6 Å². The summed E-state index contributed by atoms with van der Waals surface area (Å²) >= 11 is 6.13. The van der Waals surface area contributed by atoms with Gasteiger partial charge in [-0.2, -0.15) is 0 Å². The summed E-state index contributed by atoms with van der Waals surface area (Å²) in [6.45, 7) is 1.82. The minimum absolute atomic E-state index is 0.0207. The van der Waals surface area contributed by atoms with Gasteiger partial charge in [-0.05, 0) is 30.7 Å². The number of halogens is 1. The molecule has 0 spiro atoms. The summed E-state index contributed by atoms with van der Waals surface area (Å²) in [6, 6.07) is 15.0. The number of benzene rings is 2. The first-order chi connectivity index (χ1) is 11.1. The summed E-state index contributed by atoms with van der Waals surface area (Å²) in [5, 5.41) is 3.81. The molecule has 1 atom stereocenters. The van der Waals surface area contributed by atoms with Crippen molar-refractivity contribution in [3.8, 4) is 0 Å². The first-order valence-electron chi connectivity index (χ1n) is 7.14. The second-order valence-corrected chi connectivity index (χ2v) is 5.59. The maximum Gasteiger partial charge on any atom is 0.287 e. The highest BCUT2D eigenvalue weighted by Gasteiger charge is 2.16. The fourth-order valence-electron chi connectivity index (χ4n) is 2.39. The third-order valence-electron chi connectivity index (χ3n) is 3.58. The lowest BCUT2D eigenvalue weighted by Crippen LogP contribution is -2.27. The van der Waals surface area contributed by atoms with E-state index in [4.69, 9.17) is 16.0 Å². The van der Waals surface area contributed by atoms with Crippen LogP contribution in [0, 0.1) is 0 Å². The zero-order valence-corrected chi connectivity index (χ0v) is 13.1. The van der Waals surface area contributed by atoms with Crippen LogP contribution in [0.2, 0.25) is 5.02 Å². The highest BCUT2D eigenvalue weighted by atomic mass is 35.5. The van der Waals surface area contributed by atoms with E-state index in [0.717, 1.165) is 5.56 Å². The smallest absolute Gasteiger partial charge is 0.287 e. The van der Waals surface area contributed by atoms with Gasteiger partial charge in [-0.3, -0.25) is 9.59 Å². The Balaban J connectivity index is 1.89. The van der Waals surface area contributed by atoms with E-state index >= 15 is 0 Å². The standard InChI is InChI=1S/C18H14ClNO3/c1-11(12-6-2-4-8-14(12)19)20-18(22)17-10-15(21)13-7-3-5-9-16(13)23-17/h2-11H,1H3,(H,20,22)/t11-/m0/s1. The third kappa shape index (κ3) is 3.12. The van der Waals surface area contributed by atoms with Crippen molar-refractivity contribution in [2.75, 3.05) is 0 Å². The number of carbonyl (C=O) groups is 1. The van der Waals surface area contributed by atoms with Crippen molar-refractivity contribution < 1.29 is 9.21 Å². The minimum atomic E-state index is -0.458. The molecule has 0 bridgehead atoms. The van der Waals surface area contributed by atoms with Crippen molar-refractivity contribution in [3.05, 3.63) is 81.2 Å². The fraction of sp³-hybridized carbons (Fsp3) is 0.111. The van der Waals surface area contributed by atoms with E-state index in [-0.39, 0.29) is 17.2 Å². The minimum Gasteiger partial charge on any atom is -0.451 e. The van der Waals surface area contributed by atoms with Crippen LogP contribution in [0.1, 0.15) is 29.1 Å². The summed E-state index contributed by atoms with van der Waals surface area (Å²) in [6.07, 6.45) is 0. The van der Waals surface area contributed by atoms with Gasteiger partial charge in [0.25, 0.3) is 5.91 Å². The van der Waals surface area contributed by atoms with E-state index in [2.05, 4.69) is 5.32 Å². The zero-order valence-electron chi connectivity index (χ0n) is 12.4. The van der Waals surface area contributed by atoms with Gasteiger partial charge in [0.1, 0.15) is 5.58 Å². The normalized spacial score (nSPS) is 12.1. The van der Waals surface area contributed by atoms with Crippen LogP contribution in [0.15, 0.2) is 63.8 Å². The number of hydrogen-bond acceptors (Lipinski definition) is 3. The van der Waals surface area contributed by atoms with Crippen LogP contribution in [-0.4, -0.2) is 5.91 Å². The molecule has 5 heteroatoms. The van der Waals surface area contributed by atoms with Gasteiger partial charge in [0.2, 0.25) is 0 Å². The maximum absolute atomic E-state index is 12.3. The van der Waals surface area contributed by atoms with Crippen molar-refractivity contribution in [2.24, 2.45) is 0 Å². The Bertz CT molecular complexity index is 933. The van der Waals surface area contributed by atoms with Crippen molar-refractivity contribution in [3.63, 3.8) is 0 Å². The topological polar surface area (TPSA) is 59.3 Å². The number of amides is 1. The zero-order chi connectivity index (χ0) is 16.4. The van der Waals surface area contributed by atoms with Crippen molar-refractivity contribution >= 4 is 28.5 Å². The van der Waals surface area contributed by atoms with E-state index < -0.39 is 5.91 Å². The summed E-state index contributed by atoms with van der Waals surface area (Å²) < 4.78 is 5.53. The first kappa shape index (κ1) is 15.3. The lowest BCUT2D eigenvalue weighted by atomic mass is 10.1. The molecular weight excluding hydrogens is 314 g/mol.